The van der Waals surface area contributed by atoms with Crippen molar-refractivity contribution in [2.75, 3.05) is 26.1 Å². The van der Waals surface area contributed by atoms with Crippen molar-refractivity contribution in [1.82, 2.24) is 4.98 Å². The summed E-state index contributed by atoms with van der Waals surface area (Å²) in [5, 5.41) is 4.19. The van der Waals surface area contributed by atoms with Crippen molar-refractivity contribution < 1.29 is 14.2 Å². The first-order chi connectivity index (χ1) is 12.6. The zero-order valence-electron chi connectivity index (χ0n) is 15.1. The molecule has 0 atom stereocenters. The van der Waals surface area contributed by atoms with Crippen molar-refractivity contribution in [2.45, 2.75) is 13.5 Å². The number of aromatic amines is 1. The average Bonchev–Trinajstić information content (AvgIpc) is 2.66. The van der Waals surface area contributed by atoms with Gasteiger partial charge in [0, 0.05) is 24.2 Å². The molecule has 0 amide bonds. The first kappa shape index (κ1) is 17.7. The number of ether oxygens (including phenoxy) is 3. The third-order valence-corrected chi connectivity index (χ3v) is 4.08. The van der Waals surface area contributed by atoms with Crippen LogP contribution in [0.15, 0.2) is 47.3 Å². The zero-order valence-corrected chi connectivity index (χ0v) is 15.1. The van der Waals surface area contributed by atoms with E-state index in [0.717, 1.165) is 22.3 Å². The van der Waals surface area contributed by atoms with Crippen molar-refractivity contribution in [3.8, 4) is 17.2 Å². The first-order valence-electron chi connectivity index (χ1n) is 8.39. The second-order valence-corrected chi connectivity index (χ2v) is 5.73. The van der Waals surface area contributed by atoms with Gasteiger partial charge in [0.15, 0.2) is 0 Å². The highest BCUT2D eigenvalue weighted by Crippen LogP contribution is 2.29. The van der Waals surface area contributed by atoms with Gasteiger partial charge in [-0.3, -0.25) is 4.79 Å². The molecule has 0 aliphatic carbocycles. The fourth-order valence-corrected chi connectivity index (χ4v) is 2.76. The highest BCUT2D eigenvalue weighted by atomic mass is 16.5. The number of pyridine rings is 1. The molecule has 2 N–H and O–H groups in total. The molecule has 1 aromatic heterocycles. The number of rotatable bonds is 7. The zero-order chi connectivity index (χ0) is 18.5. The molecule has 0 fully saturated rings. The molecule has 6 nitrogen and oxygen atoms in total. The van der Waals surface area contributed by atoms with Crippen molar-refractivity contribution in [2.24, 2.45) is 0 Å². The molecule has 3 rings (SSSR count). The molecule has 3 aromatic rings. The van der Waals surface area contributed by atoms with Gasteiger partial charge >= 0.3 is 0 Å². The minimum absolute atomic E-state index is 0.138. The first-order valence-corrected chi connectivity index (χ1v) is 8.39. The lowest BCUT2D eigenvalue weighted by atomic mass is 10.1. The molecule has 6 heteroatoms. The standard InChI is InChI=1S/C20H22N2O4/c1-4-26-16-6-5-13-9-14(20(23)22-17(13)11-16)12-21-18-10-15(24-2)7-8-19(18)25-3/h5-11,21H,4,12H2,1-3H3,(H,22,23). The third kappa shape index (κ3) is 3.74. The van der Waals surface area contributed by atoms with E-state index in [0.29, 0.717) is 30.2 Å². The molecule has 0 aliphatic rings. The maximum Gasteiger partial charge on any atom is 0.253 e. The number of H-pyrrole nitrogens is 1. The predicted molar refractivity (Wildman–Crippen MR) is 103 cm³/mol. The average molecular weight is 354 g/mol. The maximum atomic E-state index is 12.4. The van der Waals surface area contributed by atoms with Gasteiger partial charge in [-0.2, -0.15) is 0 Å². The van der Waals surface area contributed by atoms with E-state index < -0.39 is 0 Å². The van der Waals surface area contributed by atoms with Crippen LogP contribution in [0.5, 0.6) is 17.2 Å². The Kier molecular flexibility index (Phi) is 5.31. The summed E-state index contributed by atoms with van der Waals surface area (Å²) < 4.78 is 16.1. The Morgan fingerprint density at radius 1 is 1.00 bits per heavy atom. The molecule has 0 spiro atoms. The smallest absolute Gasteiger partial charge is 0.253 e. The topological polar surface area (TPSA) is 72.6 Å². The summed E-state index contributed by atoms with van der Waals surface area (Å²) in [7, 11) is 3.21. The summed E-state index contributed by atoms with van der Waals surface area (Å²) in [4.78, 5) is 15.3. The Hall–Kier alpha value is -3.15. The quantitative estimate of drug-likeness (QED) is 0.679. The van der Waals surface area contributed by atoms with E-state index in [1.165, 1.54) is 0 Å². The van der Waals surface area contributed by atoms with E-state index in [1.807, 2.05) is 49.4 Å². The van der Waals surface area contributed by atoms with Crippen LogP contribution in [0.4, 0.5) is 5.69 Å². The summed E-state index contributed by atoms with van der Waals surface area (Å²) in [6.07, 6.45) is 0. The minimum atomic E-state index is -0.138. The molecule has 0 aliphatic heterocycles. The fourth-order valence-electron chi connectivity index (χ4n) is 2.76. The van der Waals surface area contributed by atoms with Gasteiger partial charge in [0.05, 0.1) is 32.0 Å². The van der Waals surface area contributed by atoms with E-state index in [-0.39, 0.29) is 5.56 Å². The van der Waals surface area contributed by atoms with Gasteiger partial charge in [-0.25, -0.2) is 0 Å². The Labute approximate surface area is 151 Å². The highest BCUT2D eigenvalue weighted by molar-refractivity contribution is 5.80. The van der Waals surface area contributed by atoms with E-state index in [1.54, 1.807) is 14.2 Å². The van der Waals surface area contributed by atoms with Crippen LogP contribution in [0.2, 0.25) is 0 Å². The van der Waals surface area contributed by atoms with Gasteiger partial charge in [-0.1, -0.05) is 0 Å². The van der Waals surface area contributed by atoms with Gasteiger partial charge in [0.2, 0.25) is 0 Å². The van der Waals surface area contributed by atoms with Crippen LogP contribution in [0.1, 0.15) is 12.5 Å². The number of benzene rings is 2. The molecule has 2 aromatic carbocycles. The molecule has 0 saturated heterocycles. The van der Waals surface area contributed by atoms with Crippen molar-refractivity contribution in [3.05, 3.63) is 58.4 Å². The molecule has 136 valence electrons. The number of anilines is 1. The number of fused-ring (bicyclic) bond motifs is 1. The third-order valence-electron chi connectivity index (χ3n) is 4.08. The molecular weight excluding hydrogens is 332 g/mol. The van der Waals surface area contributed by atoms with Crippen molar-refractivity contribution >= 4 is 16.6 Å². The summed E-state index contributed by atoms with van der Waals surface area (Å²) in [5.41, 5.74) is 2.01. The van der Waals surface area contributed by atoms with Crippen LogP contribution in [0, 0.1) is 0 Å². The Morgan fingerprint density at radius 2 is 1.81 bits per heavy atom. The summed E-state index contributed by atoms with van der Waals surface area (Å²) >= 11 is 0. The largest absolute Gasteiger partial charge is 0.497 e. The lowest BCUT2D eigenvalue weighted by Crippen LogP contribution is -2.16. The number of methoxy groups -OCH3 is 2. The summed E-state index contributed by atoms with van der Waals surface area (Å²) in [6.45, 7) is 2.87. The Bertz CT molecular complexity index is 966. The maximum absolute atomic E-state index is 12.4. The van der Waals surface area contributed by atoms with E-state index in [2.05, 4.69) is 10.3 Å². The van der Waals surface area contributed by atoms with Gasteiger partial charge in [0.1, 0.15) is 17.2 Å². The molecule has 0 radical (unpaired) electrons. The Balaban J connectivity index is 1.86. The molecule has 0 saturated carbocycles. The molecule has 0 unspecified atom stereocenters. The fraction of sp³-hybridized carbons (Fsp3) is 0.250. The van der Waals surface area contributed by atoms with E-state index in [4.69, 9.17) is 14.2 Å². The van der Waals surface area contributed by atoms with Gasteiger partial charge < -0.3 is 24.5 Å². The summed E-state index contributed by atoms with van der Waals surface area (Å²) in [6, 6.07) is 13.0. The van der Waals surface area contributed by atoms with Crippen molar-refractivity contribution in [1.29, 1.82) is 0 Å². The molecule has 0 bridgehead atoms. The number of hydrogen-bond acceptors (Lipinski definition) is 5. The lowest BCUT2D eigenvalue weighted by molar-refractivity contribution is 0.340. The van der Waals surface area contributed by atoms with Gasteiger partial charge in [-0.05, 0) is 42.6 Å². The van der Waals surface area contributed by atoms with Gasteiger partial charge in [-0.15, -0.1) is 0 Å². The van der Waals surface area contributed by atoms with Crippen LogP contribution in [-0.4, -0.2) is 25.8 Å². The van der Waals surface area contributed by atoms with Crippen LogP contribution >= 0.6 is 0 Å². The van der Waals surface area contributed by atoms with Crippen LogP contribution in [0.3, 0.4) is 0 Å². The Morgan fingerprint density at radius 3 is 2.54 bits per heavy atom. The predicted octanol–water partition coefficient (Wildman–Crippen LogP) is 3.56. The summed E-state index contributed by atoms with van der Waals surface area (Å²) in [5.74, 6) is 2.14. The molecule has 26 heavy (non-hydrogen) atoms. The normalized spacial score (nSPS) is 10.6. The second-order valence-electron chi connectivity index (χ2n) is 5.73. The highest BCUT2D eigenvalue weighted by Gasteiger charge is 2.08. The molecule has 1 heterocycles. The second kappa shape index (κ2) is 7.82. The van der Waals surface area contributed by atoms with Crippen LogP contribution in [-0.2, 0) is 6.54 Å². The number of aromatic nitrogens is 1. The lowest BCUT2D eigenvalue weighted by Gasteiger charge is -2.13. The van der Waals surface area contributed by atoms with E-state index >= 15 is 0 Å². The van der Waals surface area contributed by atoms with Crippen LogP contribution < -0.4 is 25.1 Å². The molecular formula is C20H22N2O4. The SMILES string of the molecule is CCOc1ccc2cc(CNc3cc(OC)ccc3OC)c(=O)[nH]c2c1. The van der Waals surface area contributed by atoms with Gasteiger partial charge in [0.25, 0.3) is 5.56 Å². The van der Waals surface area contributed by atoms with Crippen molar-refractivity contribution in [3.63, 3.8) is 0 Å². The number of hydrogen-bond donors (Lipinski definition) is 2. The van der Waals surface area contributed by atoms with Crippen LogP contribution in [0.25, 0.3) is 10.9 Å². The number of nitrogens with one attached hydrogen (secondary N) is 2. The minimum Gasteiger partial charge on any atom is -0.497 e. The monoisotopic (exact) mass is 354 g/mol. The van der Waals surface area contributed by atoms with E-state index in [9.17, 15) is 4.79 Å².